The molecule has 0 heterocycles. The van der Waals surface area contributed by atoms with Crippen LogP contribution in [-0.4, -0.2) is 51.9 Å². The maximum absolute atomic E-state index is 13.9. The van der Waals surface area contributed by atoms with E-state index in [1.807, 2.05) is 37.3 Å². The number of anilines is 1. The van der Waals surface area contributed by atoms with Gasteiger partial charge in [-0.05, 0) is 49.7 Å². The second kappa shape index (κ2) is 12.1. The van der Waals surface area contributed by atoms with Crippen molar-refractivity contribution in [3.8, 4) is 5.75 Å². The molecule has 0 radical (unpaired) electrons. The van der Waals surface area contributed by atoms with Gasteiger partial charge in [0.15, 0.2) is 0 Å². The second-order valence-electron chi connectivity index (χ2n) is 8.44. The van der Waals surface area contributed by atoms with Gasteiger partial charge < -0.3 is 15.0 Å². The van der Waals surface area contributed by atoms with E-state index in [4.69, 9.17) is 16.3 Å². The number of likely N-dealkylation sites (N-methyl/N-ethyl adjacent to an activating group) is 1. The molecule has 1 atom stereocenters. The maximum Gasteiger partial charge on any atom is 0.264 e. The van der Waals surface area contributed by atoms with Crippen molar-refractivity contribution in [1.82, 2.24) is 10.2 Å². The number of nitrogens with one attached hydrogen (secondary N) is 1. The van der Waals surface area contributed by atoms with Crippen molar-refractivity contribution >= 4 is 39.1 Å². The van der Waals surface area contributed by atoms with Gasteiger partial charge in [0.25, 0.3) is 10.0 Å². The van der Waals surface area contributed by atoms with Crippen LogP contribution in [0.2, 0.25) is 5.02 Å². The minimum Gasteiger partial charge on any atom is -0.495 e. The number of carbonyl (C=O) groups excluding carboxylic acids is 2. The summed E-state index contributed by atoms with van der Waals surface area (Å²) >= 11 is 6.23. The first-order valence-electron chi connectivity index (χ1n) is 11.6. The standard InChI is InChI=1S/C27H30ClN3O5S/c1-19-10-13-23(14-11-19)37(34,35)31(24-16-22(28)12-15-25(24)36-4)18-26(32)30(20(2)27(33)29-3)17-21-8-6-5-7-9-21/h5-16,20H,17-18H2,1-4H3,(H,29,33)/t20-/m0/s1. The molecule has 3 aromatic rings. The Hall–Kier alpha value is -3.56. The Kier molecular flexibility index (Phi) is 9.18. The van der Waals surface area contributed by atoms with Crippen LogP contribution in [0.25, 0.3) is 0 Å². The number of ether oxygens (including phenoxy) is 1. The van der Waals surface area contributed by atoms with Crippen molar-refractivity contribution in [1.29, 1.82) is 0 Å². The van der Waals surface area contributed by atoms with Gasteiger partial charge in [-0.15, -0.1) is 0 Å². The molecule has 0 saturated heterocycles. The molecule has 2 amide bonds. The van der Waals surface area contributed by atoms with Crippen molar-refractivity contribution in [2.24, 2.45) is 0 Å². The summed E-state index contributed by atoms with van der Waals surface area (Å²) in [6.07, 6.45) is 0. The van der Waals surface area contributed by atoms with Crippen molar-refractivity contribution in [2.45, 2.75) is 31.3 Å². The summed E-state index contributed by atoms with van der Waals surface area (Å²) in [5.74, 6) is -0.725. The largest absolute Gasteiger partial charge is 0.495 e. The summed E-state index contributed by atoms with van der Waals surface area (Å²) in [7, 11) is -1.34. The molecule has 0 unspecified atom stereocenters. The lowest BCUT2D eigenvalue weighted by Gasteiger charge is -2.32. The third-order valence-corrected chi connectivity index (χ3v) is 7.92. The van der Waals surface area contributed by atoms with E-state index >= 15 is 0 Å². The van der Waals surface area contributed by atoms with E-state index in [-0.39, 0.29) is 33.8 Å². The molecule has 0 aliphatic carbocycles. The zero-order chi connectivity index (χ0) is 27.2. The number of methoxy groups -OCH3 is 1. The van der Waals surface area contributed by atoms with Crippen LogP contribution in [0.1, 0.15) is 18.1 Å². The lowest BCUT2D eigenvalue weighted by molar-refractivity contribution is -0.139. The third kappa shape index (κ3) is 6.61. The minimum atomic E-state index is -4.23. The molecule has 196 valence electrons. The van der Waals surface area contributed by atoms with Gasteiger partial charge in [0.05, 0.1) is 17.7 Å². The smallest absolute Gasteiger partial charge is 0.264 e. The van der Waals surface area contributed by atoms with Gasteiger partial charge in [-0.2, -0.15) is 0 Å². The van der Waals surface area contributed by atoms with Gasteiger partial charge in [-0.1, -0.05) is 59.6 Å². The summed E-state index contributed by atoms with van der Waals surface area (Å²) in [6.45, 7) is 2.97. The number of halogens is 1. The van der Waals surface area contributed by atoms with E-state index in [1.165, 1.54) is 43.3 Å². The van der Waals surface area contributed by atoms with Gasteiger partial charge in [0, 0.05) is 18.6 Å². The van der Waals surface area contributed by atoms with Crippen LogP contribution in [-0.2, 0) is 26.2 Å². The topological polar surface area (TPSA) is 96.0 Å². The van der Waals surface area contributed by atoms with E-state index in [9.17, 15) is 18.0 Å². The monoisotopic (exact) mass is 543 g/mol. The zero-order valence-corrected chi connectivity index (χ0v) is 22.7. The molecule has 3 rings (SSSR count). The predicted molar refractivity (Wildman–Crippen MR) is 144 cm³/mol. The molecule has 0 aliphatic heterocycles. The summed E-state index contributed by atoms with van der Waals surface area (Å²) in [4.78, 5) is 27.7. The highest BCUT2D eigenvalue weighted by molar-refractivity contribution is 7.92. The molecule has 8 nitrogen and oxygen atoms in total. The van der Waals surface area contributed by atoms with E-state index < -0.39 is 28.5 Å². The number of aryl methyl sites for hydroxylation is 1. The number of benzene rings is 3. The molecular formula is C27H30ClN3O5S. The van der Waals surface area contributed by atoms with Gasteiger partial charge in [-0.3, -0.25) is 13.9 Å². The summed E-state index contributed by atoms with van der Waals surface area (Å²) in [5, 5.41) is 2.83. The maximum atomic E-state index is 13.9. The van der Waals surface area contributed by atoms with E-state index in [0.29, 0.717) is 0 Å². The second-order valence-corrected chi connectivity index (χ2v) is 10.7. The van der Waals surface area contributed by atoms with Crippen molar-refractivity contribution in [3.05, 3.63) is 88.9 Å². The van der Waals surface area contributed by atoms with Crippen LogP contribution >= 0.6 is 11.6 Å². The Bertz CT molecular complexity index is 1350. The highest BCUT2D eigenvalue weighted by Crippen LogP contribution is 2.35. The molecular weight excluding hydrogens is 514 g/mol. The Labute approximate surface area is 222 Å². The summed E-state index contributed by atoms with van der Waals surface area (Å²) < 4.78 is 34.1. The quantitative estimate of drug-likeness (QED) is 0.417. The van der Waals surface area contributed by atoms with Gasteiger partial charge in [0.1, 0.15) is 18.3 Å². The lowest BCUT2D eigenvalue weighted by atomic mass is 10.1. The number of amides is 2. The van der Waals surface area contributed by atoms with Crippen LogP contribution in [0, 0.1) is 6.92 Å². The molecule has 0 saturated carbocycles. The first kappa shape index (κ1) is 28.0. The van der Waals surface area contributed by atoms with Crippen LogP contribution in [0.3, 0.4) is 0 Å². The van der Waals surface area contributed by atoms with E-state index in [0.717, 1.165) is 15.4 Å². The molecule has 37 heavy (non-hydrogen) atoms. The molecule has 1 N–H and O–H groups in total. The molecule has 0 spiro atoms. The first-order valence-corrected chi connectivity index (χ1v) is 13.4. The minimum absolute atomic E-state index is 0.00175. The molecule has 0 aromatic heterocycles. The Morgan fingerprint density at radius 2 is 1.68 bits per heavy atom. The first-order chi connectivity index (χ1) is 17.6. The third-order valence-electron chi connectivity index (χ3n) is 5.91. The number of carbonyl (C=O) groups is 2. The van der Waals surface area contributed by atoms with Gasteiger partial charge in [0.2, 0.25) is 11.8 Å². The van der Waals surface area contributed by atoms with Crippen LogP contribution < -0.4 is 14.4 Å². The molecule has 0 aliphatic rings. The zero-order valence-electron chi connectivity index (χ0n) is 21.1. The lowest BCUT2D eigenvalue weighted by Crippen LogP contribution is -2.50. The van der Waals surface area contributed by atoms with E-state index in [2.05, 4.69) is 5.32 Å². The summed E-state index contributed by atoms with van der Waals surface area (Å²) in [5.41, 5.74) is 1.78. The molecule has 3 aromatic carbocycles. The van der Waals surface area contributed by atoms with E-state index in [1.54, 1.807) is 25.1 Å². The Morgan fingerprint density at radius 3 is 2.27 bits per heavy atom. The number of hydrogen-bond acceptors (Lipinski definition) is 5. The highest BCUT2D eigenvalue weighted by Gasteiger charge is 2.33. The number of rotatable bonds is 10. The number of hydrogen-bond donors (Lipinski definition) is 1. The van der Waals surface area contributed by atoms with Crippen LogP contribution in [0.4, 0.5) is 5.69 Å². The molecule has 0 fully saturated rings. The Balaban J connectivity index is 2.10. The predicted octanol–water partition coefficient (Wildman–Crippen LogP) is 4.02. The van der Waals surface area contributed by atoms with Crippen molar-refractivity contribution < 1.29 is 22.7 Å². The van der Waals surface area contributed by atoms with Crippen LogP contribution in [0.5, 0.6) is 5.75 Å². The molecule has 10 heteroatoms. The fourth-order valence-electron chi connectivity index (χ4n) is 3.78. The number of sulfonamides is 1. The SMILES string of the molecule is CNC(=O)[C@H](C)N(Cc1ccccc1)C(=O)CN(c1cc(Cl)ccc1OC)S(=O)(=O)c1ccc(C)cc1. The van der Waals surface area contributed by atoms with Crippen molar-refractivity contribution in [2.75, 3.05) is 25.0 Å². The highest BCUT2D eigenvalue weighted by atomic mass is 35.5. The normalized spacial score (nSPS) is 11.9. The molecule has 0 bridgehead atoms. The fraction of sp³-hybridized carbons (Fsp3) is 0.259. The van der Waals surface area contributed by atoms with Gasteiger partial charge in [-0.25, -0.2) is 8.42 Å². The fourth-order valence-corrected chi connectivity index (χ4v) is 5.36. The Morgan fingerprint density at radius 1 is 1.03 bits per heavy atom. The summed E-state index contributed by atoms with van der Waals surface area (Å²) in [6, 6.07) is 19.2. The average Bonchev–Trinajstić information content (AvgIpc) is 2.90. The van der Waals surface area contributed by atoms with Crippen LogP contribution in [0.15, 0.2) is 77.7 Å². The van der Waals surface area contributed by atoms with Gasteiger partial charge >= 0.3 is 0 Å². The average molecular weight is 544 g/mol. The number of nitrogens with zero attached hydrogens (tertiary/aromatic N) is 2. The van der Waals surface area contributed by atoms with Crippen molar-refractivity contribution in [3.63, 3.8) is 0 Å².